The number of Topliss-reactive ketones (excluding diaryl/α,β-unsaturated/α-hetero) is 1. The van der Waals surface area contributed by atoms with Gasteiger partial charge >= 0.3 is 0 Å². The van der Waals surface area contributed by atoms with Crippen molar-refractivity contribution in [2.24, 2.45) is 0 Å². The number of benzene rings is 2. The summed E-state index contributed by atoms with van der Waals surface area (Å²) in [6, 6.07) is 13.2. The minimum Gasteiger partial charge on any atom is -0.330 e. The summed E-state index contributed by atoms with van der Waals surface area (Å²) in [6.07, 6.45) is 0. The summed E-state index contributed by atoms with van der Waals surface area (Å²) in [5.41, 5.74) is 3.98. The molecule has 2 aromatic carbocycles. The Kier molecular flexibility index (Phi) is 5.73. The highest BCUT2D eigenvalue weighted by atomic mass is 35.5. The molecule has 0 spiro atoms. The van der Waals surface area contributed by atoms with Gasteiger partial charge in [0.15, 0.2) is 10.1 Å². The smallest absolute Gasteiger partial charge is 0.210 e. The van der Waals surface area contributed by atoms with Gasteiger partial charge in [-0.2, -0.15) is 0 Å². The van der Waals surface area contributed by atoms with Crippen molar-refractivity contribution in [2.45, 2.75) is 18.2 Å². The molecule has 0 unspecified atom stereocenters. The molecule has 4 nitrogen and oxygen atoms in total. The van der Waals surface area contributed by atoms with E-state index >= 15 is 0 Å². The predicted octanol–water partition coefficient (Wildman–Crippen LogP) is 5.53. The van der Waals surface area contributed by atoms with Gasteiger partial charge in [-0.15, -0.1) is 10.2 Å². The Hall–Kier alpha value is -1.89. The van der Waals surface area contributed by atoms with Gasteiger partial charge in [-0.25, -0.2) is 0 Å². The van der Waals surface area contributed by atoms with Gasteiger partial charge in [-0.1, -0.05) is 52.9 Å². The van der Waals surface area contributed by atoms with Crippen LogP contribution in [0.4, 0.5) is 10.8 Å². The molecule has 1 heterocycles. The first-order chi connectivity index (χ1) is 12.0. The van der Waals surface area contributed by atoms with Crippen LogP contribution in [0.25, 0.3) is 0 Å². The highest BCUT2D eigenvalue weighted by molar-refractivity contribution is 8.01. The fourth-order valence-electron chi connectivity index (χ4n) is 2.15. The first kappa shape index (κ1) is 17.9. The molecule has 0 fully saturated rings. The van der Waals surface area contributed by atoms with Crippen LogP contribution in [-0.4, -0.2) is 21.7 Å². The third-order valence-corrected chi connectivity index (χ3v) is 5.97. The minimum absolute atomic E-state index is 0.0190. The molecule has 0 amide bonds. The number of rotatable bonds is 6. The summed E-state index contributed by atoms with van der Waals surface area (Å²) < 4.78 is 0.742. The summed E-state index contributed by atoms with van der Waals surface area (Å²) in [7, 11) is 0. The highest BCUT2D eigenvalue weighted by Crippen LogP contribution is 2.29. The van der Waals surface area contributed by atoms with Crippen molar-refractivity contribution in [3.8, 4) is 0 Å². The van der Waals surface area contributed by atoms with E-state index in [1.54, 1.807) is 18.2 Å². The molecule has 7 heteroatoms. The van der Waals surface area contributed by atoms with E-state index in [0.29, 0.717) is 15.7 Å². The van der Waals surface area contributed by atoms with Gasteiger partial charge in [0.1, 0.15) is 0 Å². The maximum atomic E-state index is 12.2. The lowest BCUT2D eigenvalue weighted by Gasteiger charge is -2.05. The van der Waals surface area contributed by atoms with Crippen molar-refractivity contribution in [1.29, 1.82) is 0 Å². The molecule has 0 radical (unpaired) electrons. The van der Waals surface area contributed by atoms with Gasteiger partial charge in [-0.05, 0) is 49.2 Å². The van der Waals surface area contributed by atoms with E-state index in [1.807, 2.05) is 12.1 Å². The number of hydrogen-bond acceptors (Lipinski definition) is 6. The van der Waals surface area contributed by atoms with Crippen molar-refractivity contribution in [3.05, 3.63) is 64.2 Å². The molecule has 1 N–H and O–H groups in total. The van der Waals surface area contributed by atoms with Crippen LogP contribution in [-0.2, 0) is 0 Å². The molecular formula is C18H16ClN3OS2. The van der Waals surface area contributed by atoms with Gasteiger partial charge in [-0.3, -0.25) is 4.79 Å². The van der Waals surface area contributed by atoms with Crippen LogP contribution < -0.4 is 5.32 Å². The Bertz CT molecular complexity index is 911. The number of nitrogens with one attached hydrogen (secondary N) is 1. The second kappa shape index (κ2) is 7.99. The number of halogens is 1. The second-order valence-corrected chi connectivity index (χ2v) is 8.10. The summed E-state index contributed by atoms with van der Waals surface area (Å²) in [5, 5.41) is 12.7. The first-order valence-corrected chi connectivity index (χ1v) is 9.79. The minimum atomic E-state index is -0.0190. The molecule has 3 aromatic rings. The van der Waals surface area contributed by atoms with Crippen LogP contribution in [0.2, 0.25) is 5.02 Å². The Balaban J connectivity index is 1.61. The van der Waals surface area contributed by atoms with Crippen molar-refractivity contribution in [2.75, 3.05) is 11.1 Å². The quantitative estimate of drug-likeness (QED) is 0.444. The molecule has 0 aliphatic rings. The van der Waals surface area contributed by atoms with Crippen LogP contribution in [0, 0.1) is 13.8 Å². The van der Waals surface area contributed by atoms with E-state index in [-0.39, 0.29) is 11.5 Å². The highest BCUT2D eigenvalue weighted by Gasteiger charge is 2.12. The van der Waals surface area contributed by atoms with Crippen molar-refractivity contribution < 1.29 is 4.79 Å². The van der Waals surface area contributed by atoms with Crippen molar-refractivity contribution >= 4 is 51.3 Å². The SMILES string of the molecule is Cc1ccc(Nc2nnc(SCC(=O)c3ccccc3Cl)s2)cc1C. The number of aryl methyl sites for hydroxylation is 2. The average Bonchev–Trinajstić information content (AvgIpc) is 3.04. The average molecular weight is 390 g/mol. The number of ketones is 1. The Labute approximate surface area is 159 Å². The van der Waals surface area contributed by atoms with Gasteiger partial charge in [0.2, 0.25) is 5.13 Å². The lowest BCUT2D eigenvalue weighted by molar-refractivity contribution is 0.102. The Morgan fingerprint density at radius 2 is 1.96 bits per heavy atom. The molecule has 0 bridgehead atoms. The molecule has 0 atom stereocenters. The molecular weight excluding hydrogens is 374 g/mol. The Morgan fingerprint density at radius 3 is 2.72 bits per heavy atom. The zero-order valence-corrected chi connectivity index (χ0v) is 16.1. The lowest BCUT2D eigenvalue weighted by atomic mass is 10.1. The maximum absolute atomic E-state index is 12.2. The van der Waals surface area contributed by atoms with Crippen LogP contribution in [0.15, 0.2) is 46.8 Å². The van der Waals surface area contributed by atoms with E-state index < -0.39 is 0 Å². The van der Waals surface area contributed by atoms with Crippen LogP contribution in [0.1, 0.15) is 21.5 Å². The van der Waals surface area contributed by atoms with E-state index in [9.17, 15) is 4.79 Å². The van der Waals surface area contributed by atoms with Crippen LogP contribution in [0.3, 0.4) is 0 Å². The van der Waals surface area contributed by atoms with Gasteiger partial charge in [0.05, 0.1) is 10.8 Å². The van der Waals surface area contributed by atoms with Crippen LogP contribution in [0.5, 0.6) is 0 Å². The summed E-state index contributed by atoms with van der Waals surface area (Å²) in [5.74, 6) is 0.261. The number of carbonyl (C=O) groups excluding carboxylic acids is 1. The van der Waals surface area contributed by atoms with E-state index in [4.69, 9.17) is 11.6 Å². The largest absolute Gasteiger partial charge is 0.330 e. The number of hydrogen-bond donors (Lipinski definition) is 1. The van der Waals surface area contributed by atoms with E-state index in [0.717, 1.165) is 10.0 Å². The monoisotopic (exact) mass is 389 g/mol. The standard InChI is InChI=1S/C18H16ClN3OS2/c1-11-7-8-13(9-12(11)2)20-17-21-22-18(25-17)24-10-16(23)14-5-3-4-6-15(14)19/h3-9H,10H2,1-2H3,(H,20,21). The lowest BCUT2D eigenvalue weighted by Crippen LogP contribution is -2.02. The van der Waals surface area contributed by atoms with E-state index in [2.05, 4.69) is 41.5 Å². The second-order valence-electron chi connectivity index (χ2n) is 5.49. The summed E-state index contributed by atoms with van der Waals surface area (Å²) in [4.78, 5) is 12.2. The molecule has 0 saturated heterocycles. The summed E-state index contributed by atoms with van der Waals surface area (Å²) in [6.45, 7) is 4.15. The van der Waals surface area contributed by atoms with E-state index in [1.165, 1.54) is 34.2 Å². The molecule has 0 saturated carbocycles. The van der Waals surface area contributed by atoms with Gasteiger partial charge < -0.3 is 5.32 Å². The maximum Gasteiger partial charge on any atom is 0.210 e. The first-order valence-electron chi connectivity index (χ1n) is 7.61. The Morgan fingerprint density at radius 1 is 1.16 bits per heavy atom. The van der Waals surface area contributed by atoms with Gasteiger partial charge in [0, 0.05) is 11.3 Å². The predicted molar refractivity (Wildman–Crippen MR) is 106 cm³/mol. The fraction of sp³-hybridized carbons (Fsp3) is 0.167. The zero-order chi connectivity index (χ0) is 17.8. The van der Waals surface area contributed by atoms with Crippen LogP contribution >= 0.6 is 34.7 Å². The molecule has 1 aromatic heterocycles. The number of anilines is 2. The van der Waals surface area contributed by atoms with Crippen molar-refractivity contribution in [3.63, 3.8) is 0 Å². The molecule has 3 rings (SSSR count). The van der Waals surface area contributed by atoms with Crippen molar-refractivity contribution in [1.82, 2.24) is 10.2 Å². The number of nitrogens with zero attached hydrogens (tertiary/aromatic N) is 2. The number of thioether (sulfide) groups is 1. The fourth-order valence-corrected chi connectivity index (χ4v) is 4.05. The summed E-state index contributed by atoms with van der Waals surface area (Å²) >= 11 is 8.84. The molecule has 25 heavy (non-hydrogen) atoms. The van der Waals surface area contributed by atoms with Gasteiger partial charge in [0.25, 0.3) is 0 Å². The zero-order valence-electron chi connectivity index (χ0n) is 13.7. The number of aromatic nitrogens is 2. The molecule has 128 valence electrons. The molecule has 0 aliphatic heterocycles. The third kappa shape index (κ3) is 4.60. The normalized spacial score (nSPS) is 10.7. The number of carbonyl (C=O) groups is 1. The molecule has 0 aliphatic carbocycles. The topological polar surface area (TPSA) is 54.9 Å². The third-order valence-electron chi connectivity index (χ3n) is 3.67.